The Hall–Kier alpha value is -2.52. The van der Waals surface area contributed by atoms with E-state index < -0.39 is 19.0 Å². The number of benzene rings is 2. The van der Waals surface area contributed by atoms with Crippen LogP contribution in [0.3, 0.4) is 0 Å². The van der Waals surface area contributed by atoms with Crippen LogP contribution in [0.1, 0.15) is 52.6 Å². The third kappa shape index (κ3) is 4.15. The molecule has 0 radical (unpaired) electrons. The van der Waals surface area contributed by atoms with E-state index in [1.54, 1.807) is 25.1 Å². The molecule has 0 aliphatic rings. The van der Waals surface area contributed by atoms with Crippen LogP contribution in [0.15, 0.2) is 36.4 Å². The second kappa shape index (κ2) is 9.61. The van der Waals surface area contributed by atoms with Crippen LogP contribution in [-0.2, 0) is 17.4 Å². The number of ketones is 1. The summed E-state index contributed by atoms with van der Waals surface area (Å²) in [6.45, 7) is 5.49. The molecule has 0 aromatic heterocycles. The maximum atomic E-state index is 13.2. The SMILES string of the molecule is CCc1cccc(CC)c1C(=O)C(C)[P+](=O)C(=O)c1c(OC)cccc1OC. The normalized spacial score (nSPS) is 12.2. The predicted molar refractivity (Wildman–Crippen MR) is 110 cm³/mol. The van der Waals surface area contributed by atoms with Gasteiger partial charge < -0.3 is 9.47 Å². The fourth-order valence-electron chi connectivity index (χ4n) is 3.22. The number of Topliss-reactive ketones (excluding diaryl/α,β-unsaturated/α-hetero) is 1. The van der Waals surface area contributed by atoms with Gasteiger partial charge in [0, 0.05) is 5.56 Å². The highest BCUT2D eigenvalue weighted by Crippen LogP contribution is 2.41. The maximum absolute atomic E-state index is 13.2. The van der Waals surface area contributed by atoms with Gasteiger partial charge in [0.1, 0.15) is 11.5 Å². The topological polar surface area (TPSA) is 69.7 Å². The van der Waals surface area contributed by atoms with Crippen LogP contribution < -0.4 is 9.47 Å². The molecule has 0 spiro atoms. The second-order valence-corrected chi connectivity index (χ2v) is 8.20. The van der Waals surface area contributed by atoms with E-state index in [0.29, 0.717) is 18.4 Å². The van der Waals surface area contributed by atoms with Gasteiger partial charge >= 0.3 is 13.3 Å². The highest BCUT2D eigenvalue weighted by atomic mass is 31.1. The molecule has 0 saturated heterocycles. The fraction of sp³-hybridized carbons (Fsp3) is 0.364. The molecule has 5 nitrogen and oxygen atoms in total. The molecule has 2 rings (SSSR count). The van der Waals surface area contributed by atoms with E-state index in [-0.39, 0.29) is 22.8 Å². The highest BCUT2D eigenvalue weighted by Gasteiger charge is 2.44. The van der Waals surface area contributed by atoms with Crippen LogP contribution in [0.4, 0.5) is 0 Å². The summed E-state index contributed by atoms with van der Waals surface area (Å²) in [6, 6.07) is 10.6. The third-order valence-corrected chi connectivity index (χ3v) is 6.38. The van der Waals surface area contributed by atoms with Crippen LogP contribution in [0, 0.1) is 0 Å². The number of aryl methyl sites for hydroxylation is 2. The molecule has 0 saturated carbocycles. The molecule has 2 aromatic carbocycles. The number of methoxy groups -OCH3 is 2. The smallest absolute Gasteiger partial charge is 0.431 e. The van der Waals surface area contributed by atoms with Crippen LogP contribution >= 0.6 is 7.80 Å². The summed E-state index contributed by atoms with van der Waals surface area (Å²) in [5.41, 5.74) is 0.909. The lowest BCUT2D eigenvalue weighted by Crippen LogP contribution is -2.20. The van der Waals surface area contributed by atoms with Crippen LogP contribution in [-0.4, -0.2) is 31.2 Å². The van der Waals surface area contributed by atoms with Crippen molar-refractivity contribution in [3.63, 3.8) is 0 Å². The van der Waals surface area contributed by atoms with E-state index >= 15 is 0 Å². The maximum Gasteiger partial charge on any atom is 0.431 e. The van der Waals surface area contributed by atoms with Gasteiger partial charge in [0.05, 0.1) is 14.2 Å². The predicted octanol–water partition coefficient (Wildman–Crippen LogP) is 5.07. The van der Waals surface area contributed by atoms with Gasteiger partial charge in [-0.1, -0.05) is 42.7 Å². The van der Waals surface area contributed by atoms with Crippen molar-refractivity contribution in [2.45, 2.75) is 39.3 Å². The molecule has 0 fully saturated rings. The Morgan fingerprint density at radius 2 is 1.36 bits per heavy atom. The Kier molecular flexibility index (Phi) is 7.47. The Morgan fingerprint density at radius 3 is 1.79 bits per heavy atom. The number of hydrogen-bond acceptors (Lipinski definition) is 5. The van der Waals surface area contributed by atoms with Crippen molar-refractivity contribution in [1.29, 1.82) is 0 Å². The van der Waals surface area contributed by atoms with Crippen molar-refractivity contribution in [1.82, 2.24) is 0 Å². The fourth-order valence-corrected chi connectivity index (χ4v) is 4.36. The zero-order valence-electron chi connectivity index (χ0n) is 16.9. The molecule has 28 heavy (non-hydrogen) atoms. The van der Waals surface area contributed by atoms with E-state index in [4.69, 9.17) is 9.47 Å². The highest BCUT2D eigenvalue weighted by molar-refractivity contribution is 7.66. The van der Waals surface area contributed by atoms with Crippen molar-refractivity contribution in [3.05, 3.63) is 58.7 Å². The first-order chi connectivity index (χ1) is 13.4. The summed E-state index contributed by atoms with van der Waals surface area (Å²) in [5, 5.41) is 0. The first-order valence-corrected chi connectivity index (χ1v) is 10.6. The number of ether oxygens (including phenoxy) is 2. The van der Waals surface area contributed by atoms with Gasteiger partial charge in [-0.05, 0) is 43.0 Å². The lowest BCUT2D eigenvalue weighted by Gasteiger charge is -2.12. The summed E-state index contributed by atoms with van der Waals surface area (Å²) >= 11 is 0. The number of rotatable bonds is 9. The van der Waals surface area contributed by atoms with E-state index in [9.17, 15) is 14.2 Å². The average Bonchev–Trinajstić information content (AvgIpc) is 2.75. The first-order valence-electron chi connectivity index (χ1n) is 9.27. The van der Waals surface area contributed by atoms with Crippen molar-refractivity contribution < 1.29 is 23.6 Å². The molecular weight excluding hydrogens is 375 g/mol. The molecule has 6 heteroatoms. The Labute approximate surface area is 166 Å². The summed E-state index contributed by atoms with van der Waals surface area (Å²) in [7, 11) is 0.338. The molecular formula is C22H26O5P+. The minimum Gasteiger partial charge on any atom is -0.496 e. The summed E-state index contributed by atoms with van der Waals surface area (Å²) in [4.78, 5) is 26.2. The van der Waals surface area contributed by atoms with Crippen LogP contribution in [0.25, 0.3) is 0 Å². The average molecular weight is 401 g/mol. The Morgan fingerprint density at radius 1 is 0.893 bits per heavy atom. The lowest BCUT2D eigenvalue weighted by molar-refractivity contribution is 0.0980. The van der Waals surface area contributed by atoms with E-state index in [1.165, 1.54) is 14.2 Å². The van der Waals surface area contributed by atoms with Crippen molar-refractivity contribution in [2.24, 2.45) is 0 Å². The lowest BCUT2D eigenvalue weighted by atomic mass is 9.93. The standard InChI is InChI=1S/C22H26O5P/c1-6-15-10-8-11-16(7-2)19(15)21(23)14(3)28(25)22(24)20-17(26-4)12-9-13-18(20)27-5/h8-14H,6-7H2,1-5H3/q+1. The second-order valence-electron chi connectivity index (χ2n) is 6.37. The van der Waals surface area contributed by atoms with E-state index in [2.05, 4.69) is 0 Å². The third-order valence-electron chi connectivity index (χ3n) is 4.82. The van der Waals surface area contributed by atoms with Crippen molar-refractivity contribution in [3.8, 4) is 11.5 Å². The summed E-state index contributed by atoms with van der Waals surface area (Å²) in [6.07, 6.45) is 1.37. The number of carbonyl (C=O) groups excluding carboxylic acids is 2. The van der Waals surface area contributed by atoms with Gasteiger partial charge in [0.15, 0.2) is 5.56 Å². The molecule has 2 aromatic rings. The quantitative estimate of drug-likeness (QED) is 0.434. The molecule has 0 N–H and O–H groups in total. The zero-order valence-corrected chi connectivity index (χ0v) is 17.8. The molecule has 0 bridgehead atoms. The Bertz CT molecular complexity index is 859. The van der Waals surface area contributed by atoms with Crippen molar-refractivity contribution in [2.75, 3.05) is 14.2 Å². The summed E-state index contributed by atoms with van der Waals surface area (Å²) in [5.74, 6) is 0.281. The molecule has 148 valence electrons. The van der Waals surface area contributed by atoms with Crippen LogP contribution in [0.5, 0.6) is 11.5 Å². The minimum absolute atomic E-state index is 0.104. The molecule has 2 atom stereocenters. The number of carbonyl (C=O) groups is 2. The molecule has 0 aliphatic heterocycles. The molecule has 2 unspecified atom stereocenters. The van der Waals surface area contributed by atoms with Gasteiger partial charge in [-0.25, -0.2) is 4.79 Å². The van der Waals surface area contributed by atoms with Gasteiger partial charge in [-0.15, -0.1) is 0 Å². The summed E-state index contributed by atoms with van der Waals surface area (Å²) < 4.78 is 23.5. The molecule has 0 amide bonds. The van der Waals surface area contributed by atoms with E-state index in [0.717, 1.165) is 11.1 Å². The van der Waals surface area contributed by atoms with Crippen LogP contribution in [0.2, 0.25) is 0 Å². The van der Waals surface area contributed by atoms with E-state index in [1.807, 2.05) is 32.0 Å². The minimum atomic E-state index is -2.52. The molecule has 0 aliphatic carbocycles. The van der Waals surface area contributed by atoms with Gasteiger partial charge in [0.25, 0.3) is 0 Å². The van der Waals surface area contributed by atoms with Gasteiger partial charge in [0.2, 0.25) is 11.4 Å². The van der Waals surface area contributed by atoms with Crippen molar-refractivity contribution >= 4 is 19.1 Å². The number of hydrogen-bond donors (Lipinski definition) is 0. The molecule has 0 heterocycles. The van der Waals surface area contributed by atoms with Gasteiger partial charge in [-0.2, -0.15) is 0 Å². The zero-order chi connectivity index (χ0) is 20.8. The van der Waals surface area contributed by atoms with Gasteiger partial charge in [-0.3, -0.25) is 4.79 Å². The largest absolute Gasteiger partial charge is 0.496 e. The Balaban J connectivity index is 2.44. The monoisotopic (exact) mass is 401 g/mol. The first kappa shape index (κ1) is 21.8.